The monoisotopic (exact) mass is 536 g/mol. The molecule has 8 heteroatoms. The van der Waals surface area contributed by atoms with Crippen molar-refractivity contribution < 1.29 is 4.42 Å². The Kier molecular flexibility index (Phi) is 9.20. The zero-order valence-corrected chi connectivity index (χ0v) is 20.5. The van der Waals surface area contributed by atoms with Gasteiger partial charge in [-0.05, 0) is 57.1 Å². The average molecular weight is 536 g/mol. The number of nitrogens with zero attached hydrogens (tertiary/aromatic N) is 4. The summed E-state index contributed by atoms with van der Waals surface area (Å²) < 4.78 is 7.80. The molecule has 0 radical (unpaired) electrons. The van der Waals surface area contributed by atoms with E-state index in [2.05, 4.69) is 44.1 Å². The van der Waals surface area contributed by atoms with Crippen LogP contribution < -0.4 is 10.6 Å². The van der Waals surface area contributed by atoms with E-state index in [1.807, 2.05) is 30.5 Å². The minimum absolute atomic E-state index is 0. The van der Waals surface area contributed by atoms with Crippen LogP contribution in [0.15, 0.2) is 58.4 Å². The zero-order valence-electron chi connectivity index (χ0n) is 18.2. The molecule has 3 aromatic heterocycles. The van der Waals surface area contributed by atoms with E-state index in [1.54, 1.807) is 6.26 Å². The van der Waals surface area contributed by atoms with Gasteiger partial charge in [0.2, 0.25) is 0 Å². The van der Waals surface area contributed by atoms with Gasteiger partial charge in [-0.2, -0.15) is 0 Å². The van der Waals surface area contributed by atoms with Gasteiger partial charge in [0.15, 0.2) is 5.96 Å². The highest BCUT2D eigenvalue weighted by atomic mass is 127. The largest absolute Gasteiger partial charge is 0.468 e. The number of hydrogen-bond acceptors (Lipinski definition) is 4. The first-order valence-electron chi connectivity index (χ1n) is 11.1. The van der Waals surface area contributed by atoms with Crippen LogP contribution in [-0.2, 0) is 6.42 Å². The highest BCUT2D eigenvalue weighted by Crippen LogP contribution is 2.25. The summed E-state index contributed by atoms with van der Waals surface area (Å²) in [5.74, 6) is 1.84. The van der Waals surface area contributed by atoms with Crippen molar-refractivity contribution in [3.63, 3.8) is 0 Å². The lowest BCUT2D eigenvalue weighted by atomic mass is 10.1. The van der Waals surface area contributed by atoms with Crippen molar-refractivity contribution in [1.82, 2.24) is 24.9 Å². The Bertz CT molecular complexity index is 900. The van der Waals surface area contributed by atoms with E-state index in [0.717, 1.165) is 55.7 Å². The smallest absolute Gasteiger partial charge is 0.191 e. The van der Waals surface area contributed by atoms with Gasteiger partial charge in [-0.3, -0.25) is 9.89 Å². The number of pyridine rings is 1. The predicted molar refractivity (Wildman–Crippen MR) is 135 cm³/mol. The van der Waals surface area contributed by atoms with Gasteiger partial charge in [-0.15, -0.1) is 24.0 Å². The molecule has 4 heterocycles. The molecule has 3 aromatic rings. The van der Waals surface area contributed by atoms with E-state index in [9.17, 15) is 0 Å². The number of aromatic nitrogens is 2. The topological polar surface area (TPSA) is 70.1 Å². The number of piperidine rings is 1. The molecule has 7 nitrogen and oxygen atoms in total. The minimum atomic E-state index is 0. The average Bonchev–Trinajstić information content (AvgIpc) is 3.44. The van der Waals surface area contributed by atoms with Crippen molar-refractivity contribution in [2.75, 3.05) is 32.7 Å². The Morgan fingerprint density at radius 3 is 2.77 bits per heavy atom. The van der Waals surface area contributed by atoms with Crippen molar-refractivity contribution in [1.29, 1.82) is 0 Å². The second-order valence-electron chi connectivity index (χ2n) is 7.72. The first-order valence-corrected chi connectivity index (χ1v) is 11.1. The molecular formula is C23H33IN6O. The van der Waals surface area contributed by atoms with Gasteiger partial charge in [0.25, 0.3) is 0 Å². The van der Waals surface area contributed by atoms with Crippen molar-refractivity contribution >= 4 is 35.6 Å². The quantitative estimate of drug-likeness (QED) is 0.260. The first kappa shape index (κ1) is 23.6. The maximum atomic E-state index is 5.75. The molecular weight excluding hydrogens is 503 g/mol. The predicted octanol–water partition coefficient (Wildman–Crippen LogP) is 3.87. The van der Waals surface area contributed by atoms with Crippen molar-refractivity contribution in [2.24, 2.45) is 4.99 Å². The van der Waals surface area contributed by atoms with E-state index < -0.39 is 0 Å². The molecule has 1 aliphatic heterocycles. The fourth-order valence-corrected chi connectivity index (χ4v) is 4.03. The molecule has 0 amide bonds. The summed E-state index contributed by atoms with van der Waals surface area (Å²) >= 11 is 0. The summed E-state index contributed by atoms with van der Waals surface area (Å²) in [6.45, 7) is 6.60. The molecule has 2 N–H and O–H groups in total. The maximum Gasteiger partial charge on any atom is 0.191 e. The third kappa shape index (κ3) is 6.46. The fourth-order valence-electron chi connectivity index (χ4n) is 4.03. The van der Waals surface area contributed by atoms with Crippen LogP contribution in [-0.4, -0.2) is 53.0 Å². The van der Waals surface area contributed by atoms with Crippen LogP contribution in [0.3, 0.4) is 0 Å². The molecule has 31 heavy (non-hydrogen) atoms. The lowest BCUT2D eigenvalue weighted by molar-refractivity contribution is 0.150. The Hall–Kier alpha value is -2.07. The number of guanidine groups is 1. The number of aliphatic imine (C=N–C) groups is 1. The maximum absolute atomic E-state index is 5.75. The summed E-state index contributed by atoms with van der Waals surface area (Å²) in [4.78, 5) is 12.1. The van der Waals surface area contributed by atoms with Crippen LogP contribution in [0.5, 0.6) is 0 Å². The molecule has 1 fully saturated rings. The van der Waals surface area contributed by atoms with Gasteiger partial charge in [-0.25, -0.2) is 4.98 Å². The van der Waals surface area contributed by atoms with Gasteiger partial charge >= 0.3 is 0 Å². The van der Waals surface area contributed by atoms with Gasteiger partial charge in [0, 0.05) is 31.9 Å². The van der Waals surface area contributed by atoms with Gasteiger partial charge in [0.1, 0.15) is 11.4 Å². The molecule has 168 valence electrons. The standard InChI is InChI=1S/C23H32N6O.HI/c1-2-24-23(25-12-11-19-18-29-15-7-4-10-22(29)27-19)26-17-20(21-9-8-16-30-21)28-13-5-3-6-14-28;/h4,7-10,15-16,18,20H,2-3,5-6,11-14,17H2,1H3,(H2,24,25,26);1H. The van der Waals surface area contributed by atoms with Gasteiger partial charge < -0.3 is 19.5 Å². The lowest BCUT2D eigenvalue weighted by Gasteiger charge is -2.32. The lowest BCUT2D eigenvalue weighted by Crippen LogP contribution is -2.40. The second kappa shape index (κ2) is 12.1. The van der Waals surface area contributed by atoms with Crippen LogP contribution >= 0.6 is 24.0 Å². The van der Waals surface area contributed by atoms with Crippen LogP contribution in [0.2, 0.25) is 0 Å². The highest BCUT2D eigenvalue weighted by molar-refractivity contribution is 14.0. The summed E-state index contributed by atoms with van der Waals surface area (Å²) in [6, 6.07) is 10.3. The molecule has 1 saturated heterocycles. The molecule has 0 aliphatic carbocycles. The van der Waals surface area contributed by atoms with Crippen LogP contribution in [0.4, 0.5) is 0 Å². The Labute approximate surface area is 201 Å². The van der Waals surface area contributed by atoms with E-state index in [0.29, 0.717) is 6.54 Å². The van der Waals surface area contributed by atoms with Gasteiger partial charge in [0.05, 0.1) is 24.5 Å². The van der Waals surface area contributed by atoms with Crippen LogP contribution in [0.25, 0.3) is 5.65 Å². The zero-order chi connectivity index (χ0) is 20.6. The third-order valence-corrected chi connectivity index (χ3v) is 5.56. The fraction of sp³-hybridized carbons (Fsp3) is 0.478. The minimum Gasteiger partial charge on any atom is -0.468 e. The van der Waals surface area contributed by atoms with Gasteiger partial charge in [-0.1, -0.05) is 12.5 Å². The molecule has 1 aliphatic rings. The van der Waals surface area contributed by atoms with Crippen molar-refractivity contribution in [2.45, 2.75) is 38.6 Å². The molecule has 0 spiro atoms. The number of fused-ring (bicyclic) bond motifs is 1. The summed E-state index contributed by atoms with van der Waals surface area (Å²) in [7, 11) is 0. The summed E-state index contributed by atoms with van der Waals surface area (Å²) in [5, 5.41) is 6.82. The van der Waals surface area contributed by atoms with Crippen LogP contribution in [0.1, 0.15) is 43.7 Å². The van der Waals surface area contributed by atoms with E-state index in [4.69, 9.17) is 9.41 Å². The number of rotatable bonds is 8. The Morgan fingerprint density at radius 1 is 1.16 bits per heavy atom. The van der Waals surface area contributed by atoms with E-state index >= 15 is 0 Å². The highest BCUT2D eigenvalue weighted by Gasteiger charge is 2.24. The van der Waals surface area contributed by atoms with Crippen molar-refractivity contribution in [3.05, 3.63) is 60.4 Å². The van der Waals surface area contributed by atoms with E-state index in [1.165, 1.54) is 19.3 Å². The number of imidazole rings is 1. The molecule has 1 atom stereocenters. The Balaban J connectivity index is 0.00000272. The third-order valence-electron chi connectivity index (χ3n) is 5.56. The molecule has 0 aromatic carbocycles. The number of nitrogens with one attached hydrogen (secondary N) is 2. The molecule has 0 saturated carbocycles. The van der Waals surface area contributed by atoms with E-state index in [-0.39, 0.29) is 30.0 Å². The first-order chi connectivity index (χ1) is 14.8. The summed E-state index contributed by atoms with van der Waals surface area (Å²) in [5.41, 5.74) is 2.06. The number of likely N-dealkylation sites (tertiary alicyclic amines) is 1. The number of halogens is 1. The number of hydrogen-bond donors (Lipinski definition) is 2. The number of furan rings is 1. The summed E-state index contributed by atoms with van der Waals surface area (Å²) in [6.07, 6.45) is 10.5. The molecule has 1 unspecified atom stereocenters. The normalized spacial score (nSPS) is 16.1. The SMILES string of the molecule is CCNC(=NCC(c1ccco1)N1CCCCC1)NCCc1cn2ccccc2n1.I. The second-order valence-corrected chi connectivity index (χ2v) is 7.72. The molecule has 0 bridgehead atoms. The van der Waals surface area contributed by atoms with Crippen molar-refractivity contribution in [3.8, 4) is 0 Å². The van der Waals surface area contributed by atoms with Crippen LogP contribution in [0, 0.1) is 0 Å². The Morgan fingerprint density at radius 2 is 2.03 bits per heavy atom. The molecule has 4 rings (SSSR count).